The summed E-state index contributed by atoms with van der Waals surface area (Å²) in [6.45, 7) is 3.94. The van der Waals surface area contributed by atoms with Gasteiger partial charge in [0.1, 0.15) is 17.5 Å². The van der Waals surface area contributed by atoms with Gasteiger partial charge in [-0.05, 0) is 36.1 Å². The molecule has 0 bridgehead atoms. The van der Waals surface area contributed by atoms with Crippen LogP contribution < -0.4 is 4.52 Å². The first kappa shape index (κ1) is 14.2. The minimum atomic E-state index is -0.598. The van der Waals surface area contributed by atoms with Gasteiger partial charge in [0.15, 0.2) is 5.78 Å². The Morgan fingerprint density at radius 3 is 2.74 bits per heavy atom. The summed E-state index contributed by atoms with van der Waals surface area (Å²) >= 11 is 0. The molecule has 0 amide bonds. The molecule has 1 aromatic carbocycles. The number of hydrogen-bond donors (Lipinski definition) is 0. The Morgan fingerprint density at radius 2 is 2.11 bits per heavy atom. The number of benzene rings is 1. The average Bonchev–Trinajstić information content (AvgIpc) is 2.43. The third-order valence-corrected chi connectivity index (χ3v) is 4.13. The number of carbonyl (C=O) groups is 2. The van der Waals surface area contributed by atoms with Gasteiger partial charge in [-0.2, -0.15) is 0 Å². The lowest BCUT2D eigenvalue weighted by Crippen LogP contribution is -2.32. The van der Waals surface area contributed by atoms with Crippen LogP contribution in [0.3, 0.4) is 0 Å². The van der Waals surface area contributed by atoms with E-state index >= 15 is 0 Å². The Balaban J connectivity index is 2.48. The molecule has 0 N–H and O–H groups in total. The summed E-state index contributed by atoms with van der Waals surface area (Å²) in [5.41, 5.74) is 1.87. The van der Waals surface area contributed by atoms with E-state index in [-0.39, 0.29) is 17.5 Å². The van der Waals surface area contributed by atoms with E-state index in [9.17, 15) is 9.59 Å². The molecule has 3 unspecified atom stereocenters. The quantitative estimate of drug-likeness (QED) is 0.630. The summed E-state index contributed by atoms with van der Waals surface area (Å²) in [6.07, 6.45) is 1.97. The van der Waals surface area contributed by atoms with Crippen molar-refractivity contribution in [1.29, 1.82) is 0 Å². The van der Waals surface area contributed by atoms with Crippen molar-refractivity contribution in [3.63, 3.8) is 0 Å². The van der Waals surface area contributed by atoms with Crippen LogP contribution in [0.4, 0.5) is 0 Å². The second-order valence-electron chi connectivity index (χ2n) is 5.07. The normalized spacial score (nSPS) is 23.5. The molecule has 0 spiro atoms. The largest absolute Gasteiger partial charge is 0.480 e. The molecule has 1 fully saturated rings. The number of rotatable bonds is 3. The van der Waals surface area contributed by atoms with Gasteiger partial charge < -0.3 is 4.52 Å². The van der Waals surface area contributed by atoms with Crippen LogP contribution in [0.2, 0.25) is 0 Å². The van der Waals surface area contributed by atoms with Crippen molar-refractivity contribution in [1.82, 2.24) is 0 Å². The highest BCUT2D eigenvalue weighted by Crippen LogP contribution is 2.34. The highest BCUT2D eigenvalue weighted by Gasteiger charge is 2.36. The zero-order chi connectivity index (χ0) is 14.0. The van der Waals surface area contributed by atoms with Crippen molar-refractivity contribution in [2.24, 2.45) is 5.92 Å². The van der Waals surface area contributed by atoms with Crippen LogP contribution in [0, 0.1) is 5.92 Å². The Hall–Kier alpha value is -1.21. The third-order valence-electron chi connectivity index (χ3n) is 3.86. The van der Waals surface area contributed by atoms with E-state index in [1.807, 2.05) is 32.0 Å². The van der Waals surface area contributed by atoms with Crippen molar-refractivity contribution in [2.75, 3.05) is 0 Å². The second-order valence-corrected chi connectivity index (χ2v) is 5.31. The minimum absolute atomic E-state index is 0.0343. The van der Waals surface area contributed by atoms with Crippen LogP contribution >= 0.6 is 9.47 Å². The fraction of sp³-hybridized carbons (Fsp3) is 0.467. The van der Waals surface area contributed by atoms with E-state index in [0.29, 0.717) is 18.6 Å². The summed E-state index contributed by atoms with van der Waals surface area (Å²) in [4.78, 5) is 24.5. The predicted molar refractivity (Wildman–Crippen MR) is 77.3 cm³/mol. The van der Waals surface area contributed by atoms with Gasteiger partial charge in [0, 0.05) is 12.3 Å². The van der Waals surface area contributed by atoms with Gasteiger partial charge in [-0.25, -0.2) is 0 Å². The molecule has 0 aliphatic heterocycles. The highest BCUT2D eigenvalue weighted by atomic mass is 31.0. The fourth-order valence-electron chi connectivity index (χ4n) is 2.65. The number of aryl methyl sites for hydroxylation is 1. The van der Waals surface area contributed by atoms with E-state index in [2.05, 4.69) is 9.47 Å². The van der Waals surface area contributed by atoms with Crippen LogP contribution in [0.5, 0.6) is 5.75 Å². The van der Waals surface area contributed by atoms with Crippen LogP contribution in [0.1, 0.15) is 43.7 Å². The van der Waals surface area contributed by atoms with Gasteiger partial charge in [-0.1, -0.05) is 19.9 Å². The van der Waals surface area contributed by atoms with Crippen molar-refractivity contribution < 1.29 is 14.1 Å². The highest BCUT2D eigenvalue weighted by molar-refractivity contribution is 7.10. The number of carbonyl (C=O) groups excluding carboxylic acids is 2. The van der Waals surface area contributed by atoms with Gasteiger partial charge in [0.05, 0.1) is 9.47 Å². The summed E-state index contributed by atoms with van der Waals surface area (Å²) < 4.78 is 5.14. The number of Topliss-reactive ketones (excluding diaryl/α,β-unsaturated/α-hetero) is 2. The van der Waals surface area contributed by atoms with Crippen LogP contribution in [0.15, 0.2) is 18.2 Å². The van der Waals surface area contributed by atoms with Crippen LogP contribution in [-0.4, -0.2) is 11.6 Å². The molecular weight excluding hydrogens is 259 g/mol. The van der Waals surface area contributed by atoms with E-state index in [1.54, 1.807) is 0 Å². The predicted octanol–water partition coefficient (Wildman–Crippen LogP) is 3.07. The summed E-state index contributed by atoms with van der Waals surface area (Å²) in [7, 11) is 2.19. The molecule has 4 heteroatoms. The Kier molecular flexibility index (Phi) is 4.36. The number of hydrogen-bond acceptors (Lipinski definition) is 3. The van der Waals surface area contributed by atoms with Gasteiger partial charge in [0.2, 0.25) is 0 Å². The molecule has 0 heterocycles. The lowest BCUT2D eigenvalue weighted by Gasteiger charge is -2.26. The first-order valence-electron chi connectivity index (χ1n) is 6.64. The number of ketones is 2. The second kappa shape index (κ2) is 5.83. The molecule has 3 nitrogen and oxygen atoms in total. The molecule has 0 radical (unpaired) electrons. The van der Waals surface area contributed by atoms with E-state index in [1.165, 1.54) is 0 Å². The van der Waals surface area contributed by atoms with Crippen LogP contribution in [0.25, 0.3) is 0 Å². The molecule has 102 valence electrons. The first-order valence-corrected chi connectivity index (χ1v) is 7.11. The average molecular weight is 278 g/mol. The fourth-order valence-corrected chi connectivity index (χ4v) is 2.80. The third kappa shape index (κ3) is 2.71. The summed E-state index contributed by atoms with van der Waals surface area (Å²) in [6, 6.07) is 5.62. The Morgan fingerprint density at radius 1 is 1.37 bits per heavy atom. The SMILES string of the molecule is CCc1ccc(OP)cc1C1C(=O)CCC(C)C1=O. The standard InChI is InChI=1S/C15H19O3P/c1-3-10-5-6-11(18-19)8-12(10)14-13(16)7-4-9(2)15(14)17/h5-6,8-9,14H,3-4,7,19H2,1-2H3. The zero-order valence-corrected chi connectivity index (χ0v) is 12.5. The maximum absolute atomic E-state index is 12.3. The molecule has 0 saturated heterocycles. The van der Waals surface area contributed by atoms with Gasteiger partial charge >= 0.3 is 0 Å². The van der Waals surface area contributed by atoms with E-state index < -0.39 is 5.92 Å². The van der Waals surface area contributed by atoms with Crippen molar-refractivity contribution in [2.45, 2.75) is 39.0 Å². The molecule has 1 aliphatic rings. The van der Waals surface area contributed by atoms with E-state index in [0.717, 1.165) is 17.5 Å². The smallest absolute Gasteiger partial charge is 0.150 e. The zero-order valence-electron chi connectivity index (χ0n) is 11.3. The van der Waals surface area contributed by atoms with Crippen molar-refractivity contribution in [3.8, 4) is 5.75 Å². The molecule has 2 rings (SSSR count). The van der Waals surface area contributed by atoms with E-state index in [4.69, 9.17) is 4.52 Å². The topological polar surface area (TPSA) is 43.4 Å². The molecule has 19 heavy (non-hydrogen) atoms. The molecule has 0 aromatic heterocycles. The van der Waals surface area contributed by atoms with Gasteiger partial charge in [-0.3, -0.25) is 9.59 Å². The van der Waals surface area contributed by atoms with Crippen LogP contribution in [-0.2, 0) is 16.0 Å². The molecular formula is C15H19O3P. The lowest BCUT2D eigenvalue weighted by atomic mass is 9.75. The summed E-state index contributed by atoms with van der Waals surface area (Å²) in [5, 5.41) is 0. The Labute approximate surface area is 116 Å². The van der Waals surface area contributed by atoms with Crippen molar-refractivity contribution in [3.05, 3.63) is 29.3 Å². The molecule has 1 saturated carbocycles. The maximum atomic E-state index is 12.3. The molecule has 1 aliphatic carbocycles. The lowest BCUT2D eigenvalue weighted by molar-refractivity contribution is -0.134. The summed E-state index contributed by atoms with van der Waals surface area (Å²) in [5.74, 6) is 0.119. The molecule has 1 aromatic rings. The Bertz CT molecular complexity index is 510. The molecule has 3 atom stereocenters. The maximum Gasteiger partial charge on any atom is 0.150 e. The van der Waals surface area contributed by atoms with Gasteiger partial charge in [-0.15, -0.1) is 0 Å². The van der Waals surface area contributed by atoms with Crippen molar-refractivity contribution >= 4 is 21.0 Å². The monoisotopic (exact) mass is 278 g/mol. The minimum Gasteiger partial charge on any atom is -0.480 e. The first-order chi connectivity index (χ1) is 9.08. The van der Waals surface area contributed by atoms with Gasteiger partial charge in [0.25, 0.3) is 0 Å².